The minimum atomic E-state index is -3.81. The monoisotopic (exact) mass is 243 g/mol. The summed E-state index contributed by atoms with van der Waals surface area (Å²) in [4.78, 5) is 1.96. The Hall–Kier alpha value is 1.83. The van der Waals surface area contributed by atoms with E-state index in [9.17, 15) is 8.42 Å². The van der Waals surface area contributed by atoms with Crippen LogP contribution >= 0.6 is 0 Å². The minimum Gasteiger partial charge on any atom is -1.00 e. The zero-order valence-corrected chi connectivity index (χ0v) is 13.6. The van der Waals surface area contributed by atoms with Crippen molar-refractivity contribution < 1.29 is 79.7 Å². The minimum absolute atomic E-state index is 0. The third-order valence-corrected chi connectivity index (χ3v) is 2.47. The molecule has 0 unspecified atom stereocenters. The Bertz CT molecular complexity index is 237. The predicted octanol–water partition coefficient (Wildman–Crippen LogP) is -6.56. The van der Waals surface area contributed by atoms with Crippen LogP contribution in [0.1, 0.15) is 2.85 Å². The van der Waals surface area contributed by atoms with Gasteiger partial charge in [-0.3, -0.25) is 9.45 Å². The molecule has 0 saturated carbocycles. The molecule has 1 fully saturated rings. The van der Waals surface area contributed by atoms with E-state index in [1.165, 1.54) is 0 Å². The number of rotatable bonds is 3. The zero-order valence-electron chi connectivity index (χ0n) is 10.8. The summed E-state index contributed by atoms with van der Waals surface area (Å²) in [6.07, 6.45) is 0. The van der Waals surface area contributed by atoms with Gasteiger partial charge in [-0.25, -0.2) is 0 Å². The fourth-order valence-corrected chi connectivity index (χ4v) is 1.56. The van der Waals surface area contributed by atoms with Crippen molar-refractivity contribution in [3.8, 4) is 0 Å². The van der Waals surface area contributed by atoms with Gasteiger partial charge in [-0.05, 0) is 0 Å². The summed E-state index contributed by atoms with van der Waals surface area (Å²) in [6, 6.07) is 0. The summed E-state index contributed by atoms with van der Waals surface area (Å²) < 4.78 is 34.3. The molecule has 1 rings (SSSR count). The number of hydrogen-bond donors (Lipinski definition) is 1. The Morgan fingerprint density at radius 1 is 1.29 bits per heavy atom. The first-order chi connectivity index (χ1) is 5.58. The maximum atomic E-state index is 10.4. The predicted molar refractivity (Wildman–Crippen MR) is 45.9 cm³/mol. The molecule has 8 heteroatoms. The first-order valence-electron chi connectivity index (χ1n) is 3.83. The molecular formula is C6H15NNa2O4S. The molecule has 76 valence electrons. The van der Waals surface area contributed by atoms with Crippen molar-refractivity contribution in [2.75, 3.05) is 38.6 Å². The van der Waals surface area contributed by atoms with Crippen molar-refractivity contribution in [2.24, 2.45) is 0 Å². The Kier molecular flexibility index (Phi) is 11.6. The molecule has 0 aromatic rings. The second kappa shape index (κ2) is 8.92. The largest absolute Gasteiger partial charge is 1.00 e. The van der Waals surface area contributed by atoms with E-state index in [1.807, 2.05) is 4.90 Å². The molecule has 0 aromatic carbocycles. The third kappa shape index (κ3) is 9.08. The van der Waals surface area contributed by atoms with Crippen LogP contribution in [0.5, 0.6) is 0 Å². The van der Waals surface area contributed by atoms with Crippen molar-refractivity contribution in [3.05, 3.63) is 0 Å². The summed E-state index contributed by atoms with van der Waals surface area (Å²) in [6.45, 7) is 3.17. The first kappa shape index (κ1) is 18.2. The molecule has 14 heavy (non-hydrogen) atoms. The quantitative estimate of drug-likeness (QED) is 0.394. The summed E-state index contributed by atoms with van der Waals surface area (Å²) in [5, 5.41) is 0. The van der Waals surface area contributed by atoms with Crippen LogP contribution in [0.15, 0.2) is 0 Å². The van der Waals surface area contributed by atoms with Gasteiger partial charge in [0.25, 0.3) is 10.1 Å². The summed E-state index contributed by atoms with van der Waals surface area (Å²) in [5.74, 6) is -0.188. The molecule has 0 atom stereocenters. The molecular weight excluding hydrogens is 228 g/mol. The third-order valence-electron chi connectivity index (χ3n) is 1.77. The van der Waals surface area contributed by atoms with Crippen LogP contribution in [0.2, 0.25) is 0 Å². The maximum absolute atomic E-state index is 10.4. The van der Waals surface area contributed by atoms with Gasteiger partial charge in [0.15, 0.2) is 0 Å². The van der Waals surface area contributed by atoms with Crippen LogP contribution in [-0.4, -0.2) is 56.5 Å². The molecule has 0 aliphatic carbocycles. The van der Waals surface area contributed by atoms with E-state index in [2.05, 4.69) is 0 Å². The normalized spacial score (nSPS) is 18.1. The van der Waals surface area contributed by atoms with Crippen LogP contribution in [0.25, 0.3) is 0 Å². The van der Waals surface area contributed by atoms with Crippen LogP contribution in [-0.2, 0) is 14.9 Å². The summed E-state index contributed by atoms with van der Waals surface area (Å²) in [5.41, 5.74) is 0. The molecule has 1 aliphatic heterocycles. The number of ether oxygens (including phenoxy) is 1. The Morgan fingerprint density at radius 2 is 1.79 bits per heavy atom. The number of nitrogens with zero attached hydrogens (tertiary/aromatic N) is 1. The van der Waals surface area contributed by atoms with Gasteiger partial charge in [-0.15, -0.1) is 0 Å². The Balaban J connectivity index is -0.000000180. The van der Waals surface area contributed by atoms with Gasteiger partial charge in [0, 0.05) is 19.6 Å². The second-order valence-electron chi connectivity index (χ2n) is 2.74. The van der Waals surface area contributed by atoms with E-state index >= 15 is 0 Å². The van der Waals surface area contributed by atoms with Gasteiger partial charge in [0.2, 0.25) is 0 Å². The molecule has 0 aromatic heterocycles. The maximum Gasteiger partial charge on any atom is 1.00 e. The van der Waals surface area contributed by atoms with Crippen molar-refractivity contribution in [1.82, 2.24) is 4.90 Å². The zero-order chi connectivity index (χ0) is 9.03. The molecule has 5 nitrogen and oxygen atoms in total. The Morgan fingerprint density at radius 3 is 2.21 bits per heavy atom. The van der Waals surface area contributed by atoms with Gasteiger partial charge < -0.3 is 7.59 Å². The summed E-state index contributed by atoms with van der Waals surface area (Å²) in [7, 11) is -3.81. The molecule has 0 bridgehead atoms. The van der Waals surface area contributed by atoms with E-state index in [0.717, 1.165) is 13.1 Å². The first-order valence-corrected chi connectivity index (χ1v) is 5.44. The summed E-state index contributed by atoms with van der Waals surface area (Å²) >= 11 is 0. The van der Waals surface area contributed by atoms with E-state index in [0.29, 0.717) is 19.8 Å². The topological polar surface area (TPSA) is 66.8 Å². The van der Waals surface area contributed by atoms with Gasteiger partial charge >= 0.3 is 59.1 Å². The van der Waals surface area contributed by atoms with Crippen molar-refractivity contribution >= 4 is 10.1 Å². The number of morpholine rings is 1. The number of hydrogen-bond acceptors (Lipinski definition) is 4. The van der Waals surface area contributed by atoms with E-state index in [1.54, 1.807) is 0 Å². The molecule has 1 heterocycles. The van der Waals surface area contributed by atoms with Crippen molar-refractivity contribution in [2.45, 2.75) is 0 Å². The van der Waals surface area contributed by atoms with Gasteiger partial charge in [-0.1, -0.05) is 0 Å². The van der Waals surface area contributed by atoms with Crippen molar-refractivity contribution in [1.29, 1.82) is 0 Å². The smallest absolute Gasteiger partial charge is 1.00 e. The SMILES string of the molecule is O=S(=O)(O)CCN1CCOCC1.[H-].[H-].[Na+].[Na+]. The fourth-order valence-electron chi connectivity index (χ4n) is 1.07. The van der Waals surface area contributed by atoms with Crippen LogP contribution in [0.4, 0.5) is 0 Å². The van der Waals surface area contributed by atoms with Gasteiger partial charge in [0.05, 0.1) is 19.0 Å². The van der Waals surface area contributed by atoms with Gasteiger partial charge in [-0.2, -0.15) is 8.42 Å². The van der Waals surface area contributed by atoms with Crippen molar-refractivity contribution in [3.63, 3.8) is 0 Å². The molecule has 0 radical (unpaired) electrons. The second-order valence-corrected chi connectivity index (χ2v) is 4.31. The van der Waals surface area contributed by atoms with Gasteiger partial charge in [0.1, 0.15) is 0 Å². The average molecular weight is 243 g/mol. The fraction of sp³-hybridized carbons (Fsp3) is 1.00. The van der Waals surface area contributed by atoms with Crippen LogP contribution in [0, 0.1) is 0 Å². The molecule has 0 amide bonds. The van der Waals surface area contributed by atoms with E-state index in [4.69, 9.17) is 9.29 Å². The molecule has 1 aliphatic rings. The average Bonchev–Trinajstić information content (AvgIpc) is 2.02. The molecule has 0 spiro atoms. The van der Waals surface area contributed by atoms with Crippen LogP contribution < -0.4 is 59.1 Å². The van der Waals surface area contributed by atoms with E-state index in [-0.39, 0.29) is 67.7 Å². The molecule has 1 N–H and O–H groups in total. The van der Waals surface area contributed by atoms with Crippen LogP contribution in [0.3, 0.4) is 0 Å². The molecule has 1 saturated heterocycles. The van der Waals surface area contributed by atoms with E-state index < -0.39 is 10.1 Å². The Labute approximate surface area is 132 Å². The standard InChI is InChI=1S/C6H13NO4S.2Na.2H/c8-12(9,10)6-3-7-1-4-11-5-2-7;;;;/h1-6H2,(H,8,9,10);;;;/q;2*+1;2*-1.